The minimum absolute atomic E-state index is 0.178. The number of aromatic nitrogens is 2. The van der Waals surface area contributed by atoms with Crippen LogP contribution in [0.1, 0.15) is 39.1 Å². The molecule has 0 fully saturated rings. The van der Waals surface area contributed by atoms with Gasteiger partial charge in [0, 0.05) is 18.7 Å². The number of thiophene rings is 1. The monoisotopic (exact) mass is 380 g/mol. The first-order chi connectivity index (χ1) is 13.3. The van der Waals surface area contributed by atoms with Gasteiger partial charge in [0.25, 0.3) is 11.8 Å². The summed E-state index contributed by atoms with van der Waals surface area (Å²) in [5.41, 5.74) is 3.23. The second kappa shape index (κ2) is 7.85. The molecule has 138 valence electrons. The molecule has 1 aromatic carbocycles. The molecule has 0 saturated carbocycles. The molecule has 0 bridgehead atoms. The lowest BCUT2D eigenvalue weighted by Crippen LogP contribution is -2.31. The highest BCUT2D eigenvalue weighted by molar-refractivity contribution is 7.13. The molecule has 3 aromatic rings. The first-order valence-corrected chi connectivity index (χ1v) is 9.86. The van der Waals surface area contributed by atoms with Crippen molar-refractivity contribution in [3.8, 4) is 10.6 Å². The van der Waals surface area contributed by atoms with Gasteiger partial charge in [-0.15, -0.1) is 11.3 Å². The number of amides is 2. The van der Waals surface area contributed by atoms with Gasteiger partial charge in [0.05, 0.1) is 27.9 Å². The number of unbranched alkanes of at least 4 members (excludes halogenated alkanes) is 1. The summed E-state index contributed by atoms with van der Waals surface area (Å²) in [4.78, 5) is 27.2. The Morgan fingerprint density at radius 3 is 2.52 bits per heavy atom. The van der Waals surface area contributed by atoms with Gasteiger partial charge >= 0.3 is 0 Å². The smallest absolute Gasteiger partial charge is 0.261 e. The van der Waals surface area contributed by atoms with Crippen LogP contribution in [0.2, 0.25) is 0 Å². The Morgan fingerprint density at radius 1 is 1.04 bits per heavy atom. The number of hydrogen-bond acceptors (Lipinski definition) is 5. The number of hydrogen-bond donors (Lipinski definition) is 2. The highest BCUT2D eigenvalue weighted by Gasteiger charge is 2.34. The zero-order valence-corrected chi connectivity index (χ0v) is 15.6. The second-order valence-corrected chi connectivity index (χ2v) is 7.39. The van der Waals surface area contributed by atoms with Crippen molar-refractivity contribution in [2.24, 2.45) is 0 Å². The average Bonchev–Trinajstić information content (AvgIpc) is 3.41. The number of carbonyl (C=O) groups is 2. The lowest BCUT2D eigenvalue weighted by Gasteiger charge is -2.13. The Bertz CT molecular complexity index is 914. The zero-order chi connectivity index (χ0) is 18.6. The van der Waals surface area contributed by atoms with Crippen LogP contribution >= 0.6 is 11.3 Å². The Kier molecular flexibility index (Phi) is 5.13. The van der Waals surface area contributed by atoms with Crippen LogP contribution < -0.4 is 5.32 Å². The van der Waals surface area contributed by atoms with E-state index in [0.29, 0.717) is 17.7 Å². The van der Waals surface area contributed by atoms with Crippen molar-refractivity contribution in [1.82, 2.24) is 20.4 Å². The highest BCUT2D eigenvalue weighted by atomic mass is 32.1. The molecular weight excluding hydrogens is 360 g/mol. The quantitative estimate of drug-likeness (QED) is 0.464. The van der Waals surface area contributed by atoms with Crippen molar-refractivity contribution >= 4 is 23.2 Å². The molecule has 27 heavy (non-hydrogen) atoms. The summed E-state index contributed by atoms with van der Waals surface area (Å²) in [5.74, 6) is -0.356. The van der Waals surface area contributed by atoms with Crippen molar-refractivity contribution in [3.63, 3.8) is 0 Å². The number of fused-ring (bicyclic) bond motifs is 1. The molecule has 0 aliphatic carbocycles. The first-order valence-electron chi connectivity index (χ1n) is 8.98. The van der Waals surface area contributed by atoms with E-state index in [9.17, 15) is 9.59 Å². The molecule has 0 saturated heterocycles. The van der Waals surface area contributed by atoms with Crippen molar-refractivity contribution < 1.29 is 9.59 Å². The number of nitrogens with one attached hydrogen (secondary N) is 2. The van der Waals surface area contributed by atoms with Crippen LogP contribution in [-0.2, 0) is 6.54 Å². The minimum Gasteiger partial charge on any atom is -0.313 e. The summed E-state index contributed by atoms with van der Waals surface area (Å²) in [6.45, 7) is 2.01. The summed E-state index contributed by atoms with van der Waals surface area (Å²) in [6.07, 6.45) is 3.52. The van der Waals surface area contributed by atoms with E-state index in [2.05, 4.69) is 21.6 Å². The third-order valence-corrected chi connectivity index (χ3v) is 5.55. The molecule has 0 radical (unpaired) electrons. The first kappa shape index (κ1) is 17.6. The van der Waals surface area contributed by atoms with Gasteiger partial charge in [-0.1, -0.05) is 18.2 Å². The van der Waals surface area contributed by atoms with Gasteiger partial charge in [-0.3, -0.25) is 19.6 Å². The molecule has 0 unspecified atom stereocenters. The van der Waals surface area contributed by atoms with Crippen LogP contribution in [0.4, 0.5) is 0 Å². The standard InChI is InChI=1S/C20H20N4O2S/c25-19-15-6-1-2-7-16(15)20(26)24(19)10-4-3-9-21-12-14-13-22-23-18(14)17-8-5-11-27-17/h1-2,5-8,11,13,21H,3-4,9-10,12H2,(H,22,23). The highest BCUT2D eigenvalue weighted by Crippen LogP contribution is 2.25. The number of imide groups is 1. The van der Waals surface area contributed by atoms with Gasteiger partial charge < -0.3 is 5.32 Å². The lowest BCUT2D eigenvalue weighted by molar-refractivity contribution is 0.0651. The molecule has 0 atom stereocenters. The van der Waals surface area contributed by atoms with Crippen molar-refractivity contribution in [3.05, 3.63) is 64.7 Å². The van der Waals surface area contributed by atoms with Crippen LogP contribution in [0.3, 0.4) is 0 Å². The number of rotatable bonds is 8. The fourth-order valence-corrected chi connectivity index (χ4v) is 4.02. The molecule has 2 amide bonds. The average molecular weight is 380 g/mol. The predicted octanol–water partition coefficient (Wildman–Crippen LogP) is 3.30. The molecule has 7 heteroatoms. The normalized spacial score (nSPS) is 13.4. The van der Waals surface area contributed by atoms with E-state index in [1.54, 1.807) is 35.6 Å². The largest absolute Gasteiger partial charge is 0.313 e. The molecule has 0 spiro atoms. The van der Waals surface area contributed by atoms with Gasteiger partial charge in [-0.05, 0) is 43.0 Å². The van der Waals surface area contributed by atoms with E-state index in [-0.39, 0.29) is 11.8 Å². The van der Waals surface area contributed by atoms with E-state index in [1.165, 1.54) is 9.78 Å². The van der Waals surface area contributed by atoms with Gasteiger partial charge in [-0.25, -0.2) is 0 Å². The molecule has 4 rings (SSSR count). The van der Waals surface area contributed by atoms with Crippen LogP contribution in [0, 0.1) is 0 Å². The van der Waals surface area contributed by atoms with Crippen LogP contribution in [0.5, 0.6) is 0 Å². The Labute approximate surface area is 161 Å². The van der Waals surface area contributed by atoms with Crippen molar-refractivity contribution in [2.45, 2.75) is 19.4 Å². The van der Waals surface area contributed by atoms with Crippen molar-refractivity contribution in [2.75, 3.05) is 13.1 Å². The third-order valence-electron chi connectivity index (χ3n) is 4.66. The van der Waals surface area contributed by atoms with E-state index in [1.807, 2.05) is 17.6 Å². The Hall–Kier alpha value is -2.77. The number of benzene rings is 1. The number of aromatic amines is 1. The van der Waals surface area contributed by atoms with Gasteiger partial charge in [0.15, 0.2) is 0 Å². The maximum Gasteiger partial charge on any atom is 0.261 e. The van der Waals surface area contributed by atoms with E-state index >= 15 is 0 Å². The molecule has 1 aliphatic rings. The number of H-pyrrole nitrogens is 1. The Balaban J connectivity index is 1.22. The molecule has 3 heterocycles. The minimum atomic E-state index is -0.178. The topological polar surface area (TPSA) is 78.1 Å². The number of nitrogens with zero attached hydrogens (tertiary/aromatic N) is 2. The Morgan fingerprint density at radius 2 is 1.81 bits per heavy atom. The summed E-state index contributed by atoms with van der Waals surface area (Å²) in [6, 6.07) is 11.1. The zero-order valence-electron chi connectivity index (χ0n) is 14.8. The number of carbonyl (C=O) groups excluding carboxylic acids is 2. The SMILES string of the molecule is O=C1c2ccccc2C(=O)N1CCCCNCc1cn[nH]c1-c1cccs1. The van der Waals surface area contributed by atoms with Gasteiger partial charge in [0.1, 0.15) is 0 Å². The predicted molar refractivity (Wildman–Crippen MR) is 105 cm³/mol. The van der Waals surface area contributed by atoms with Crippen LogP contribution in [0.15, 0.2) is 48.0 Å². The maximum absolute atomic E-state index is 12.3. The van der Waals surface area contributed by atoms with E-state index < -0.39 is 0 Å². The lowest BCUT2D eigenvalue weighted by atomic mass is 10.1. The van der Waals surface area contributed by atoms with Gasteiger partial charge in [-0.2, -0.15) is 5.10 Å². The fourth-order valence-electron chi connectivity index (χ4n) is 3.26. The molecule has 2 aromatic heterocycles. The summed E-state index contributed by atoms with van der Waals surface area (Å²) >= 11 is 1.68. The summed E-state index contributed by atoms with van der Waals surface area (Å²) < 4.78 is 0. The summed E-state index contributed by atoms with van der Waals surface area (Å²) in [7, 11) is 0. The van der Waals surface area contributed by atoms with Gasteiger partial charge in [0.2, 0.25) is 0 Å². The maximum atomic E-state index is 12.3. The van der Waals surface area contributed by atoms with Crippen LogP contribution in [0.25, 0.3) is 10.6 Å². The molecule has 6 nitrogen and oxygen atoms in total. The third kappa shape index (κ3) is 3.56. The fraction of sp³-hybridized carbons (Fsp3) is 0.250. The molecule has 2 N–H and O–H groups in total. The second-order valence-electron chi connectivity index (χ2n) is 6.44. The van der Waals surface area contributed by atoms with Crippen LogP contribution in [-0.4, -0.2) is 40.0 Å². The van der Waals surface area contributed by atoms with Crippen molar-refractivity contribution in [1.29, 1.82) is 0 Å². The van der Waals surface area contributed by atoms with E-state index in [0.717, 1.165) is 37.2 Å². The summed E-state index contributed by atoms with van der Waals surface area (Å²) in [5, 5.41) is 12.7. The molecular formula is C20H20N4O2S. The molecule has 1 aliphatic heterocycles. The van der Waals surface area contributed by atoms with E-state index in [4.69, 9.17) is 0 Å².